The van der Waals surface area contributed by atoms with E-state index in [4.69, 9.17) is 14.2 Å². The Balaban J connectivity index is 3.97. The van der Waals surface area contributed by atoms with Crippen LogP contribution in [0.25, 0.3) is 0 Å². The highest BCUT2D eigenvalue weighted by molar-refractivity contribution is 5.80. The van der Waals surface area contributed by atoms with Gasteiger partial charge in [-0.25, -0.2) is 0 Å². The molecule has 0 amide bonds. The van der Waals surface area contributed by atoms with Gasteiger partial charge in [0.2, 0.25) is 0 Å². The average molecular weight is 275 g/mol. The van der Waals surface area contributed by atoms with Gasteiger partial charge in [0.1, 0.15) is 5.54 Å². The van der Waals surface area contributed by atoms with Crippen LogP contribution in [0.15, 0.2) is 0 Å². The quantitative estimate of drug-likeness (QED) is 0.460. The summed E-state index contributed by atoms with van der Waals surface area (Å²) in [6.45, 7) is 10.4. The van der Waals surface area contributed by atoms with E-state index in [0.717, 1.165) is 6.42 Å². The zero-order valence-corrected chi connectivity index (χ0v) is 13.0. The highest BCUT2D eigenvalue weighted by Crippen LogP contribution is 2.15. The number of rotatable bonds is 11. The Morgan fingerprint density at radius 3 is 2.37 bits per heavy atom. The van der Waals surface area contributed by atoms with Crippen molar-refractivity contribution in [2.45, 2.75) is 52.1 Å². The predicted molar refractivity (Wildman–Crippen MR) is 75.2 cm³/mol. The summed E-state index contributed by atoms with van der Waals surface area (Å²) in [5.74, 6) is -0.226. The fraction of sp³-hybridized carbons (Fsp3) is 0.929. The van der Waals surface area contributed by atoms with Gasteiger partial charge in [0, 0.05) is 19.3 Å². The molecule has 0 radical (unpaired) electrons. The molecule has 0 aliphatic rings. The maximum absolute atomic E-state index is 11.8. The molecule has 1 N–H and O–H groups in total. The van der Waals surface area contributed by atoms with Crippen molar-refractivity contribution in [1.29, 1.82) is 0 Å². The second kappa shape index (κ2) is 10.2. The number of hydrogen-bond donors (Lipinski definition) is 1. The molecule has 0 saturated heterocycles. The Morgan fingerprint density at radius 1 is 1.21 bits per heavy atom. The minimum Gasteiger partial charge on any atom is -0.468 e. The Bertz CT molecular complexity index is 246. The predicted octanol–water partition coefficient (Wildman–Crippen LogP) is 1.75. The fourth-order valence-corrected chi connectivity index (χ4v) is 1.99. The van der Waals surface area contributed by atoms with E-state index < -0.39 is 5.54 Å². The smallest absolute Gasteiger partial charge is 0.325 e. The standard InChI is InChI=1S/C14H29NO4/c1-6-18-10-11-19-9-7-8-14(4,13(16)17-5)15-12(2)3/h12,15H,6-11H2,1-5H3. The Labute approximate surface area is 117 Å². The molecule has 5 nitrogen and oxygen atoms in total. The third kappa shape index (κ3) is 8.18. The Kier molecular flexibility index (Phi) is 9.83. The summed E-state index contributed by atoms with van der Waals surface area (Å²) in [6, 6.07) is 0.225. The first-order chi connectivity index (χ1) is 8.96. The number of hydrogen-bond acceptors (Lipinski definition) is 5. The lowest BCUT2D eigenvalue weighted by Crippen LogP contribution is -2.53. The molecule has 0 aliphatic carbocycles. The summed E-state index contributed by atoms with van der Waals surface area (Å²) in [5.41, 5.74) is -0.647. The van der Waals surface area contributed by atoms with Crippen LogP contribution in [-0.2, 0) is 19.0 Å². The zero-order valence-electron chi connectivity index (χ0n) is 13.0. The molecule has 1 atom stereocenters. The van der Waals surface area contributed by atoms with Gasteiger partial charge in [-0.1, -0.05) is 0 Å². The van der Waals surface area contributed by atoms with Crippen molar-refractivity contribution in [1.82, 2.24) is 5.32 Å². The van der Waals surface area contributed by atoms with E-state index in [1.807, 2.05) is 27.7 Å². The zero-order chi connectivity index (χ0) is 14.7. The average Bonchev–Trinajstić information content (AvgIpc) is 2.35. The van der Waals surface area contributed by atoms with E-state index in [9.17, 15) is 4.79 Å². The van der Waals surface area contributed by atoms with Crippen molar-refractivity contribution in [3.8, 4) is 0 Å². The fourth-order valence-electron chi connectivity index (χ4n) is 1.99. The SMILES string of the molecule is CCOCCOCCCC(C)(NC(C)C)C(=O)OC. The summed E-state index contributed by atoms with van der Waals surface area (Å²) in [5, 5.41) is 3.26. The van der Waals surface area contributed by atoms with Crippen molar-refractivity contribution in [3.63, 3.8) is 0 Å². The number of ether oxygens (including phenoxy) is 3. The highest BCUT2D eigenvalue weighted by Gasteiger charge is 2.33. The molecule has 1 unspecified atom stereocenters. The first kappa shape index (κ1) is 18.4. The first-order valence-electron chi connectivity index (χ1n) is 6.98. The summed E-state index contributed by atoms with van der Waals surface area (Å²) in [7, 11) is 1.42. The molecule has 0 spiro atoms. The van der Waals surface area contributed by atoms with Gasteiger partial charge in [0.15, 0.2) is 0 Å². The van der Waals surface area contributed by atoms with Crippen molar-refractivity contribution in [3.05, 3.63) is 0 Å². The van der Waals surface area contributed by atoms with Crippen molar-refractivity contribution >= 4 is 5.97 Å². The lowest BCUT2D eigenvalue weighted by atomic mass is 9.95. The maximum atomic E-state index is 11.8. The van der Waals surface area contributed by atoms with E-state index >= 15 is 0 Å². The van der Waals surface area contributed by atoms with E-state index in [1.165, 1.54) is 7.11 Å². The second-order valence-electron chi connectivity index (χ2n) is 5.04. The Morgan fingerprint density at radius 2 is 1.84 bits per heavy atom. The summed E-state index contributed by atoms with van der Waals surface area (Å²) < 4.78 is 15.5. The van der Waals surface area contributed by atoms with Crippen LogP contribution in [0.2, 0.25) is 0 Å². The van der Waals surface area contributed by atoms with Crippen LogP contribution in [-0.4, -0.2) is 51.1 Å². The molecular formula is C14H29NO4. The van der Waals surface area contributed by atoms with Gasteiger partial charge in [-0.15, -0.1) is 0 Å². The van der Waals surface area contributed by atoms with E-state index in [2.05, 4.69) is 5.32 Å². The van der Waals surface area contributed by atoms with Crippen LogP contribution < -0.4 is 5.32 Å². The van der Waals surface area contributed by atoms with Crippen LogP contribution in [0.1, 0.15) is 40.5 Å². The molecule has 0 aromatic rings. The number of nitrogens with one attached hydrogen (secondary N) is 1. The molecule has 19 heavy (non-hydrogen) atoms. The molecule has 0 aromatic heterocycles. The third-order valence-electron chi connectivity index (χ3n) is 2.78. The molecule has 114 valence electrons. The number of carbonyl (C=O) groups excluding carboxylic acids is 1. The molecule has 5 heteroatoms. The van der Waals surface area contributed by atoms with Crippen LogP contribution in [0, 0.1) is 0 Å². The monoisotopic (exact) mass is 275 g/mol. The molecule has 0 aliphatic heterocycles. The summed E-state index contributed by atoms with van der Waals surface area (Å²) in [4.78, 5) is 11.8. The van der Waals surface area contributed by atoms with Crippen molar-refractivity contribution < 1.29 is 19.0 Å². The van der Waals surface area contributed by atoms with Gasteiger partial charge in [-0.05, 0) is 40.5 Å². The van der Waals surface area contributed by atoms with E-state index in [1.54, 1.807) is 0 Å². The van der Waals surface area contributed by atoms with Gasteiger partial charge in [-0.2, -0.15) is 0 Å². The third-order valence-corrected chi connectivity index (χ3v) is 2.78. The lowest BCUT2D eigenvalue weighted by molar-refractivity contribution is -0.148. The molecular weight excluding hydrogens is 246 g/mol. The normalized spacial score (nSPS) is 14.4. The van der Waals surface area contributed by atoms with Gasteiger partial charge >= 0.3 is 5.97 Å². The molecule has 0 heterocycles. The maximum Gasteiger partial charge on any atom is 0.325 e. The van der Waals surface area contributed by atoms with Gasteiger partial charge in [0.05, 0.1) is 20.3 Å². The minimum atomic E-state index is -0.647. The number of methoxy groups -OCH3 is 1. The topological polar surface area (TPSA) is 56.8 Å². The second-order valence-corrected chi connectivity index (χ2v) is 5.04. The molecule has 0 fully saturated rings. The molecule has 0 rings (SSSR count). The molecule has 0 bridgehead atoms. The Hall–Kier alpha value is -0.650. The van der Waals surface area contributed by atoms with Crippen LogP contribution >= 0.6 is 0 Å². The van der Waals surface area contributed by atoms with Gasteiger partial charge in [0.25, 0.3) is 0 Å². The highest BCUT2D eigenvalue weighted by atomic mass is 16.5. The van der Waals surface area contributed by atoms with Gasteiger partial charge < -0.3 is 14.2 Å². The van der Waals surface area contributed by atoms with E-state index in [0.29, 0.717) is 32.8 Å². The van der Waals surface area contributed by atoms with Crippen LogP contribution in [0.3, 0.4) is 0 Å². The summed E-state index contributed by atoms with van der Waals surface area (Å²) in [6.07, 6.45) is 1.49. The summed E-state index contributed by atoms with van der Waals surface area (Å²) >= 11 is 0. The van der Waals surface area contributed by atoms with E-state index in [-0.39, 0.29) is 12.0 Å². The van der Waals surface area contributed by atoms with Crippen molar-refractivity contribution in [2.75, 3.05) is 33.5 Å². The molecule has 0 aromatic carbocycles. The van der Waals surface area contributed by atoms with Crippen LogP contribution in [0.4, 0.5) is 0 Å². The minimum absolute atomic E-state index is 0.225. The first-order valence-corrected chi connectivity index (χ1v) is 6.98. The number of carbonyl (C=O) groups is 1. The lowest BCUT2D eigenvalue weighted by Gasteiger charge is -2.30. The van der Waals surface area contributed by atoms with Crippen molar-refractivity contribution in [2.24, 2.45) is 0 Å². The molecule has 0 saturated carbocycles. The number of esters is 1. The van der Waals surface area contributed by atoms with Crippen LogP contribution in [0.5, 0.6) is 0 Å². The largest absolute Gasteiger partial charge is 0.468 e. The van der Waals surface area contributed by atoms with Gasteiger partial charge in [-0.3, -0.25) is 10.1 Å².